The van der Waals surface area contributed by atoms with E-state index in [2.05, 4.69) is 0 Å². The zero-order valence-corrected chi connectivity index (χ0v) is 11.1. The van der Waals surface area contributed by atoms with Crippen LogP contribution in [0.15, 0.2) is 45.5 Å². The molecule has 90 valence electrons. The Morgan fingerprint density at radius 2 is 1.82 bits per heavy atom. The van der Waals surface area contributed by atoms with Crippen molar-refractivity contribution in [2.24, 2.45) is 0 Å². The summed E-state index contributed by atoms with van der Waals surface area (Å²) in [6.45, 7) is 1.88. The Morgan fingerprint density at radius 3 is 2.41 bits per heavy atom. The maximum Gasteiger partial charge on any atom is 0.219 e. The average molecular weight is 268 g/mol. The van der Waals surface area contributed by atoms with Crippen molar-refractivity contribution in [3.05, 3.63) is 41.3 Å². The second-order valence-electron chi connectivity index (χ2n) is 3.52. The molecular weight excluding hydrogens is 256 g/mol. The van der Waals surface area contributed by atoms with Crippen LogP contribution in [0.4, 0.5) is 0 Å². The normalized spacial score (nSPS) is 11.4. The molecule has 17 heavy (non-hydrogen) atoms. The summed E-state index contributed by atoms with van der Waals surface area (Å²) in [6, 6.07) is 10.1. The van der Waals surface area contributed by atoms with Gasteiger partial charge in [-0.25, -0.2) is 8.42 Å². The van der Waals surface area contributed by atoms with E-state index in [0.29, 0.717) is 9.96 Å². The molecule has 0 bridgehead atoms. The van der Waals surface area contributed by atoms with E-state index in [-0.39, 0.29) is 4.90 Å². The molecule has 0 aliphatic heterocycles. The molecule has 0 saturated carbocycles. The topological polar surface area (TPSA) is 43.4 Å². The number of hydrogen-bond acceptors (Lipinski definition) is 4. The third kappa shape index (κ3) is 2.21. The van der Waals surface area contributed by atoms with Crippen LogP contribution in [0.3, 0.4) is 0 Å². The van der Waals surface area contributed by atoms with Crippen LogP contribution in [-0.4, -0.2) is 15.5 Å². The number of hydrogen-bond donors (Lipinski definition) is 0. The van der Waals surface area contributed by atoms with Crippen molar-refractivity contribution < 1.29 is 13.2 Å². The average Bonchev–Trinajstić information content (AvgIpc) is 2.76. The smallest absolute Gasteiger partial charge is 0.219 e. The standard InChI is InChI=1S/C12H12O3S2/c1-9-7-8-12(16-9)17(13,14)11-6-4-3-5-10(11)15-2/h3-8H,1-2H3. The Hall–Kier alpha value is -1.33. The van der Waals surface area contributed by atoms with E-state index in [1.165, 1.54) is 18.4 Å². The first-order chi connectivity index (χ1) is 8.05. The minimum atomic E-state index is -3.47. The van der Waals surface area contributed by atoms with Crippen LogP contribution in [0.1, 0.15) is 4.88 Å². The quantitative estimate of drug-likeness (QED) is 0.859. The Labute approximate surface area is 105 Å². The van der Waals surface area contributed by atoms with E-state index >= 15 is 0 Å². The number of methoxy groups -OCH3 is 1. The van der Waals surface area contributed by atoms with Crippen molar-refractivity contribution in [3.63, 3.8) is 0 Å². The highest BCUT2D eigenvalue weighted by atomic mass is 32.2. The molecule has 0 aliphatic rings. The first-order valence-electron chi connectivity index (χ1n) is 5.00. The Bertz CT molecular complexity index is 627. The molecule has 3 nitrogen and oxygen atoms in total. The summed E-state index contributed by atoms with van der Waals surface area (Å²) in [5.74, 6) is 0.374. The zero-order valence-electron chi connectivity index (χ0n) is 9.51. The lowest BCUT2D eigenvalue weighted by molar-refractivity contribution is 0.403. The van der Waals surface area contributed by atoms with Crippen molar-refractivity contribution in [2.45, 2.75) is 16.0 Å². The number of sulfone groups is 1. The van der Waals surface area contributed by atoms with E-state index in [9.17, 15) is 8.42 Å². The third-order valence-corrected chi connectivity index (χ3v) is 5.62. The highest BCUT2D eigenvalue weighted by Gasteiger charge is 2.22. The number of para-hydroxylation sites is 1. The van der Waals surface area contributed by atoms with Gasteiger partial charge in [-0.2, -0.15) is 0 Å². The van der Waals surface area contributed by atoms with Gasteiger partial charge in [0.15, 0.2) is 0 Å². The second-order valence-corrected chi connectivity index (χ2v) is 6.95. The monoisotopic (exact) mass is 268 g/mol. The maximum absolute atomic E-state index is 12.4. The summed E-state index contributed by atoms with van der Waals surface area (Å²) in [5.41, 5.74) is 0. The van der Waals surface area contributed by atoms with Gasteiger partial charge in [0, 0.05) is 4.88 Å². The van der Waals surface area contributed by atoms with Crippen molar-refractivity contribution in [1.29, 1.82) is 0 Å². The molecule has 0 spiro atoms. The largest absolute Gasteiger partial charge is 0.495 e. The van der Waals surface area contributed by atoms with Crippen molar-refractivity contribution >= 4 is 21.2 Å². The predicted molar refractivity (Wildman–Crippen MR) is 67.5 cm³/mol. The number of rotatable bonds is 3. The van der Waals surface area contributed by atoms with Gasteiger partial charge < -0.3 is 4.74 Å². The lowest BCUT2D eigenvalue weighted by Crippen LogP contribution is -2.02. The van der Waals surface area contributed by atoms with E-state index in [1.807, 2.05) is 6.92 Å². The van der Waals surface area contributed by atoms with Gasteiger partial charge in [-0.1, -0.05) is 12.1 Å². The molecule has 0 N–H and O–H groups in total. The van der Waals surface area contributed by atoms with E-state index in [4.69, 9.17) is 4.74 Å². The molecule has 0 aliphatic carbocycles. The van der Waals surface area contributed by atoms with E-state index in [1.54, 1.807) is 36.4 Å². The fourth-order valence-corrected chi connectivity index (χ4v) is 4.34. The van der Waals surface area contributed by atoms with Crippen LogP contribution < -0.4 is 4.74 Å². The van der Waals surface area contributed by atoms with Gasteiger partial charge in [0.1, 0.15) is 14.9 Å². The molecule has 2 aromatic rings. The lowest BCUT2D eigenvalue weighted by Gasteiger charge is -2.07. The molecule has 0 radical (unpaired) electrons. The fourth-order valence-electron chi connectivity index (χ4n) is 1.51. The molecule has 0 fully saturated rings. The van der Waals surface area contributed by atoms with Gasteiger partial charge >= 0.3 is 0 Å². The molecule has 1 aromatic heterocycles. The minimum Gasteiger partial charge on any atom is -0.495 e. The van der Waals surface area contributed by atoms with E-state index in [0.717, 1.165) is 4.88 Å². The van der Waals surface area contributed by atoms with Gasteiger partial charge in [-0.05, 0) is 31.2 Å². The number of benzene rings is 1. The van der Waals surface area contributed by atoms with Crippen LogP contribution in [0.25, 0.3) is 0 Å². The van der Waals surface area contributed by atoms with Gasteiger partial charge in [-0.3, -0.25) is 0 Å². The molecule has 5 heteroatoms. The van der Waals surface area contributed by atoms with Crippen LogP contribution in [0, 0.1) is 6.92 Å². The first kappa shape index (κ1) is 12.1. The maximum atomic E-state index is 12.4. The van der Waals surface area contributed by atoms with Gasteiger partial charge in [0.2, 0.25) is 9.84 Å². The Morgan fingerprint density at radius 1 is 1.12 bits per heavy atom. The predicted octanol–water partition coefficient (Wildman–Crippen LogP) is 2.90. The summed E-state index contributed by atoms with van der Waals surface area (Å²) >= 11 is 1.27. The fraction of sp³-hybridized carbons (Fsp3) is 0.167. The number of ether oxygens (including phenoxy) is 1. The van der Waals surface area contributed by atoms with Crippen LogP contribution >= 0.6 is 11.3 Å². The highest BCUT2D eigenvalue weighted by Crippen LogP contribution is 2.32. The minimum absolute atomic E-state index is 0.212. The zero-order chi connectivity index (χ0) is 12.5. The summed E-state index contributed by atoms with van der Waals surface area (Å²) in [7, 11) is -2.00. The molecule has 2 rings (SSSR count). The van der Waals surface area contributed by atoms with Crippen molar-refractivity contribution in [2.75, 3.05) is 7.11 Å². The molecular formula is C12H12O3S2. The summed E-state index contributed by atoms with van der Waals surface area (Å²) in [5, 5.41) is 0. The summed E-state index contributed by atoms with van der Waals surface area (Å²) < 4.78 is 30.1. The molecule has 1 aromatic carbocycles. The van der Waals surface area contributed by atoms with Crippen molar-refractivity contribution in [3.8, 4) is 5.75 Å². The SMILES string of the molecule is COc1ccccc1S(=O)(=O)c1ccc(C)s1. The van der Waals surface area contributed by atoms with Crippen LogP contribution in [0.5, 0.6) is 5.75 Å². The van der Waals surface area contributed by atoms with Crippen molar-refractivity contribution in [1.82, 2.24) is 0 Å². The van der Waals surface area contributed by atoms with Gasteiger partial charge in [-0.15, -0.1) is 11.3 Å². The summed E-state index contributed by atoms with van der Waals surface area (Å²) in [4.78, 5) is 1.18. The molecule has 1 heterocycles. The number of thiophene rings is 1. The highest BCUT2D eigenvalue weighted by molar-refractivity contribution is 7.93. The third-order valence-electron chi connectivity index (χ3n) is 2.34. The molecule has 0 unspecified atom stereocenters. The van der Waals surface area contributed by atoms with E-state index < -0.39 is 9.84 Å². The van der Waals surface area contributed by atoms with Gasteiger partial charge in [0.05, 0.1) is 7.11 Å². The Kier molecular flexibility index (Phi) is 3.22. The number of aryl methyl sites for hydroxylation is 1. The molecule has 0 saturated heterocycles. The molecule has 0 atom stereocenters. The second kappa shape index (κ2) is 4.50. The first-order valence-corrected chi connectivity index (χ1v) is 7.30. The lowest BCUT2D eigenvalue weighted by atomic mass is 10.3. The van der Waals surface area contributed by atoms with Crippen LogP contribution in [0.2, 0.25) is 0 Å². The Balaban J connectivity index is 2.59. The summed E-state index contributed by atoms with van der Waals surface area (Å²) in [6.07, 6.45) is 0. The van der Waals surface area contributed by atoms with Crippen LogP contribution in [-0.2, 0) is 9.84 Å². The van der Waals surface area contributed by atoms with Gasteiger partial charge in [0.25, 0.3) is 0 Å². The molecule has 0 amide bonds.